The van der Waals surface area contributed by atoms with Gasteiger partial charge < -0.3 is 0 Å². The van der Waals surface area contributed by atoms with E-state index in [1.54, 1.807) is 12.8 Å². The summed E-state index contributed by atoms with van der Waals surface area (Å²) in [6, 6.07) is 0. The van der Waals surface area contributed by atoms with Crippen LogP contribution in [-0.2, 0) is 0 Å². The lowest BCUT2D eigenvalue weighted by Gasteiger charge is -2.20. The first-order valence-electron chi connectivity index (χ1n) is 5.24. The fraction of sp³-hybridized carbons (Fsp3) is 0.909. The molecule has 2 atom stereocenters. The maximum Gasteiger partial charge on any atom is -0.0207 e. The van der Waals surface area contributed by atoms with Crippen LogP contribution in [0.5, 0.6) is 0 Å². The van der Waals surface area contributed by atoms with E-state index in [2.05, 4.69) is 6.92 Å². The second kappa shape index (κ2) is 3.16. The van der Waals surface area contributed by atoms with E-state index in [0.717, 1.165) is 11.8 Å². The van der Waals surface area contributed by atoms with Gasteiger partial charge >= 0.3 is 0 Å². The lowest BCUT2D eigenvalue weighted by atomic mass is 9.85. The van der Waals surface area contributed by atoms with E-state index in [4.69, 9.17) is 0 Å². The quantitative estimate of drug-likeness (QED) is 0.578. The van der Waals surface area contributed by atoms with Crippen molar-refractivity contribution < 1.29 is 0 Å². The van der Waals surface area contributed by atoms with E-state index >= 15 is 0 Å². The lowest BCUT2D eigenvalue weighted by molar-refractivity contribution is 0.476. The van der Waals surface area contributed by atoms with Crippen molar-refractivity contribution in [2.75, 3.05) is 0 Å². The van der Waals surface area contributed by atoms with Gasteiger partial charge in [0.15, 0.2) is 0 Å². The Bertz CT molecular complexity index is 128. The van der Waals surface area contributed by atoms with Gasteiger partial charge in [0, 0.05) is 0 Å². The summed E-state index contributed by atoms with van der Waals surface area (Å²) in [6.07, 6.45) is 10.4. The number of unbranched alkanes of at least 4 members (excludes halogenated alkanes) is 1. The molecule has 0 heterocycles. The molecule has 0 spiro atoms. The van der Waals surface area contributed by atoms with E-state index < -0.39 is 0 Å². The highest BCUT2D eigenvalue weighted by molar-refractivity contribution is 5.08. The van der Waals surface area contributed by atoms with E-state index in [1.165, 1.54) is 32.1 Å². The number of hydrogen-bond acceptors (Lipinski definition) is 0. The Morgan fingerprint density at radius 3 is 2.82 bits per heavy atom. The zero-order valence-corrected chi connectivity index (χ0v) is 7.60. The van der Waals surface area contributed by atoms with Crippen molar-refractivity contribution in [3.8, 4) is 0 Å². The molecule has 2 aliphatic rings. The van der Waals surface area contributed by atoms with Gasteiger partial charge in [0.25, 0.3) is 0 Å². The Morgan fingerprint density at radius 2 is 2.27 bits per heavy atom. The number of rotatable bonds is 3. The molecular formula is C11H19. The van der Waals surface area contributed by atoms with Crippen molar-refractivity contribution in [3.05, 3.63) is 5.92 Å². The molecule has 1 radical (unpaired) electrons. The van der Waals surface area contributed by atoms with Gasteiger partial charge in [-0.1, -0.05) is 26.2 Å². The highest BCUT2D eigenvalue weighted by Crippen LogP contribution is 2.51. The van der Waals surface area contributed by atoms with E-state index in [1.807, 2.05) is 5.92 Å². The van der Waals surface area contributed by atoms with Gasteiger partial charge in [0.05, 0.1) is 0 Å². The molecule has 0 aromatic carbocycles. The molecular weight excluding hydrogens is 132 g/mol. The molecule has 0 aromatic rings. The fourth-order valence-corrected chi connectivity index (χ4v) is 2.88. The Labute approximate surface area is 70.4 Å². The molecule has 2 unspecified atom stereocenters. The molecule has 0 heteroatoms. The van der Waals surface area contributed by atoms with Gasteiger partial charge in [-0.05, 0) is 43.4 Å². The summed E-state index contributed by atoms with van der Waals surface area (Å²) in [5.74, 6) is 4.13. The molecule has 11 heavy (non-hydrogen) atoms. The SMILES string of the molecule is CCCC[C]1CC2CCC1C2. The molecule has 0 amide bonds. The van der Waals surface area contributed by atoms with Crippen LogP contribution in [0.15, 0.2) is 0 Å². The van der Waals surface area contributed by atoms with E-state index in [9.17, 15) is 0 Å². The van der Waals surface area contributed by atoms with Crippen LogP contribution in [0.2, 0.25) is 0 Å². The van der Waals surface area contributed by atoms with Crippen molar-refractivity contribution in [2.24, 2.45) is 11.8 Å². The van der Waals surface area contributed by atoms with Crippen molar-refractivity contribution in [1.29, 1.82) is 0 Å². The first kappa shape index (κ1) is 7.64. The van der Waals surface area contributed by atoms with Crippen LogP contribution in [-0.4, -0.2) is 0 Å². The summed E-state index contributed by atoms with van der Waals surface area (Å²) in [5.41, 5.74) is 0. The zero-order valence-electron chi connectivity index (χ0n) is 7.60. The normalized spacial score (nSPS) is 36.8. The summed E-state index contributed by atoms with van der Waals surface area (Å²) >= 11 is 0. The molecule has 0 N–H and O–H groups in total. The smallest absolute Gasteiger partial charge is 0.0207 e. The minimum Gasteiger partial charge on any atom is -0.0654 e. The summed E-state index contributed by atoms with van der Waals surface area (Å²) in [4.78, 5) is 0. The lowest BCUT2D eigenvalue weighted by Crippen LogP contribution is -2.07. The molecule has 0 nitrogen and oxygen atoms in total. The third-order valence-electron chi connectivity index (χ3n) is 3.52. The van der Waals surface area contributed by atoms with Gasteiger partial charge in [-0.25, -0.2) is 0 Å². The second-order valence-electron chi connectivity index (χ2n) is 4.34. The molecule has 2 saturated carbocycles. The van der Waals surface area contributed by atoms with Gasteiger partial charge in [-0.3, -0.25) is 0 Å². The first-order valence-corrected chi connectivity index (χ1v) is 5.24. The molecule has 2 aliphatic carbocycles. The van der Waals surface area contributed by atoms with Crippen LogP contribution in [0.25, 0.3) is 0 Å². The van der Waals surface area contributed by atoms with Crippen LogP contribution in [0.1, 0.15) is 51.9 Å². The van der Waals surface area contributed by atoms with Gasteiger partial charge in [-0.15, -0.1) is 0 Å². The molecule has 2 rings (SSSR count). The Balaban J connectivity index is 1.78. The predicted octanol–water partition coefficient (Wildman–Crippen LogP) is 3.57. The van der Waals surface area contributed by atoms with Crippen molar-refractivity contribution >= 4 is 0 Å². The highest BCUT2D eigenvalue weighted by atomic mass is 14.4. The maximum absolute atomic E-state index is 2.30. The Morgan fingerprint density at radius 1 is 1.36 bits per heavy atom. The Kier molecular flexibility index (Phi) is 2.20. The molecule has 2 bridgehead atoms. The third-order valence-corrected chi connectivity index (χ3v) is 3.52. The van der Waals surface area contributed by atoms with Crippen LogP contribution < -0.4 is 0 Å². The van der Waals surface area contributed by atoms with Crippen LogP contribution >= 0.6 is 0 Å². The van der Waals surface area contributed by atoms with Gasteiger partial charge in [0.2, 0.25) is 0 Å². The second-order valence-corrected chi connectivity index (χ2v) is 4.34. The monoisotopic (exact) mass is 151 g/mol. The van der Waals surface area contributed by atoms with Gasteiger partial charge in [-0.2, -0.15) is 0 Å². The summed E-state index contributed by atoms with van der Waals surface area (Å²) < 4.78 is 0. The molecule has 2 fully saturated rings. The van der Waals surface area contributed by atoms with Crippen molar-refractivity contribution in [3.63, 3.8) is 0 Å². The predicted molar refractivity (Wildman–Crippen MR) is 48.2 cm³/mol. The van der Waals surface area contributed by atoms with E-state index in [-0.39, 0.29) is 0 Å². The summed E-state index contributed by atoms with van der Waals surface area (Å²) in [5, 5.41) is 0. The fourth-order valence-electron chi connectivity index (χ4n) is 2.88. The average Bonchev–Trinajstić information content (AvgIpc) is 2.60. The van der Waals surface area contributed by atoms with Gasteiger partial charge in [0.1, 0.15) is 0 Å². The number of fused-ring (bicyclic) bond motifs is 2. The van der Waals surface area contributed by atoms with Crippen molar-refractivity contribution in [2.45, 2.75) is 51.9 Å². The van der Waals surface area contributed by atoms with Crippen LogP contribution in [0.4, 0.5) is 0 Å². The molecule has 63 valence electrons. The third kappa shape index (κ3) is 1.45. The van der Waals surface area contributed by atoms with Crippen LogP contribution in [0.3, 0.4) is 0 Å². The first-order chi connectivity index (χ1) is 5.40. The molecule has 0 aliphatic heterocycles. The minimum atomic E-state index is 1.08. The maximum atomic E-state index is 2.30. The average molecular weight is 151 g/mol. The topological polar surface area (TPSA) is 0 Å². The molecule has 0 aromatic heterocycles. The van der Waals surface area contributed by atoms with Crippen molar-refractivity contribution in [1.82, 2.24) is 0 Å². The molecule has 0 saturated heterocycles. The largest absolute Gasteiger partial charge is 0.0654 e. The van der Waals surface area contributed by atoms with Crippen LogP contribution in [0, 0.1) is 17.8 Å². The Hall–Kier alpha value is 0. The minimum absolute atomic E-state index is 1.08. The summed E-state index contributed by atoms with van der Waals surface area (Å²) in [6.45, 7) is 2.30. The highest BCUT2D eigenvalue weighted by Gasteiger charge is 2.38. The standard InChI is InChI=1S/C11H19/c1-2-3-4-10-7-9-5-6-11(10)8-9/h9,11H,2-8H2,1H3. The number of hydrogen-bond donors (Lipinski definition) is 0. The van der Waals surface area contributed by atoms with E-state index in [0.29, 0.717) is 0 Å². The summed E-state index contributed by atoms with van der Waals surface area (Å²) in [7, 11) is 0. The zero-order chi connectivity index (χ0) is 7.68.